The van der Waals surface area contributed by atoms with Gasteiger partial charge in [-0.25, -0.2) is 0 Å². The molecule has 0 saturated heterocycles. The lowest BCUT2D eigenvalue weighted by Crippen LogP contribution is -2.50. The molecule has 0 bridgehead atoms. The quantitative estimate of drug-likeness (QED) is 0.0287. The monoisotopic (exact) mass is 726 g/mol. The Kier molecular flexibility index (Phi) is 34.8. The van der Waals surface area contributed by atoms with Crippen molar-refractivity contribution in [1.29, 1.82) is 0 Å². The first kappa shape index (κ1) is 48.5. The number of amides is 1. The number of aliphatic hydroxyl groups excluding tert-OH is 2. The molecule has 50 heavy (non-hydrogen) atoms. The van der Waals surface area contributed by atoms with E-state index < -0.39 is 40.0 Å². The molecule has 0 saturated carbocycles. The molecule has 0 radical (unpaired) electrons. The molecule has 0 aromatic carbocycles. The molecule has 0 aliphatic rings. The Morgan fingerprint density at radius 2 is 0.940 bits per heavy atom. The second-order valence-electron chi connectivity index (χ2n) is 14.4. The summed E-state index contributed by atoms with van der Waals surface area (Å²) in [7, 11) is -4.44. The fourth-order valence-corrected chi connectivity index (χ4v) is 6.93. The summed E-state index contributed by atoms with van der Waals surface area (Å²) in [5, 5.41) is 23.4. The molecule has 0 aromatic rings. The molecule has 8 heteroatoms. The van der Waals surface area contributed by atoms with Gasteiger partial charge in [0.15, 0.2) is 0 Å². The van der Waals surface area contributed by atoms with Gasteiger partial charge in [-0.2, -0.15) is 8.42 Å². The first-order valence-electron chi connectivity index (χ1n) is 20.8. The minimum absolute atomic E-state index is 0.268. The predicted octanol–water partition coefficient (Wildman–Crippen LogP) is 11.1. The van der Waals surface area contributed by atoms with Crippen LogP contribution in [0.2, 0.25) is 0 Å². The number of hydrogen-bond acceptors (Lipinski definition) is 5. The van der Waals surface area contributed by atoms with Gasteiger partial charge in [0.2, 0.25) is 5.91 Å². The van der Waals surface area contributed by atoms with Crippen LogP contribution >= 0.6 is 0 Å². The highest BCUT2D eigenvalue weighted by Crippen LogP contribution is 2.15. The zero-order valence-corrected chi connectivity index (χ0v) is 33.2. The highest BCUT2D eigenvalue weighted by Gasteiger charge is 2.27. The smallest absolute Gasteiger partial charge is 0.267 e. The molecule has 0 aromatic heterocycles. The van der Waals surface area contributed by atoms with Crippen molar-refractivity contribution in [1.82, 2.24) is 5.32 Å². The van der Waals surface area contributed by atoms with Crippen LogP contribution in [0.1, 0.15) is 200 Å². The van der Waals surface area contributed by atoms with Crippen molar-refractivity contribution in [2.75, 3.05) is 5.75 Å². The van der Waals surface area contributed by atoms with Gasteiger partial charge in [-0.3, -0.25) is 9.35 Å². The van der Waals surface area contributed by atoms with Crippen LogP contribution in [-0.4, -0.2) is 53.1 Å². The van der Waals surface area contributed by atoms with E-state index in [2.05, 4.69) is 43.5 Å². The van der Waals surface area contributed by atoms with E-state index in [-0.39, 0.29) is 6.42 Å². The van der Waals surface area contributed by atoms with Crippen molar-refractivity contribution in [3.05, 3.63) is 36.5 Å². The summed E-state index contributed by atoms with van der Waals surface area (Å²) in [5.74, 6) is -1.54. The van der Waals surface area contributed by atoms with Crippen molar-refractivity contribution in [3.8, 4) is 0 Å². The van der Waals surface area contributed by atoms with Crippen molar-refractivity contribution < 1.29 is 28.0 Å². The molecule has 0 spiro atoms. The van der Waals surface area contributed by atoms with Gasteiger partial charge < -0.3 is 15.5 Å². The van der Waals surface area contributed by atoms with Gasteiger partial charge in [-0.1, -0.05) is 185 Å². The Balaban J connectivity index is 4.06. The first-order chi connectivity index (χ1) is 24.2. The molecule has 0 heterocycles. The van der Waals surface area contributed by atoms with E-state index in [4.69, 9.17) is 0 Å². The van der Waals surface area contributed by atoms with E-state index in [1.165, 1.54) is 115 Å². The molecule has 1 amide bonds. The summed E-state index contributed by atoms with van der Waals surface area (Å²) in [6.07, 6.45) is 43.3. The van der Waals surface area contributed by atoms with Crippen molar-refractivity contribution >= 4 is 16.0 Å². The lowest BCUT2D eigenvalue weighted by Gasteiger charge is -2.22. The predicted molar refractivity (Wildman–Crippen MR) is 213 cm³/mol. The van der Waals surface area contributed by atoms with Crippen molar-refractivity contribution in [3.63, 3.8) is 0 Å². The Bertz CT molecular complexity index is 948. The normalized spacial score (nSPS) is 14.3. The van der Waals surface area contributed by atoms with Gasteiger partial charge >= 0.3 is 0 Å². The number of hydrogen-bond donors (Lipinski definition) is 4. The van der Waals surface area contributed by atoms with E-state index in [9.17, 15) is 28.0 Å². The minimum atomic E-state index is -4.44. The molecule has 0 rings (SSSR count). The van der Waals surface area contributed by atoms with Crippen LogP contribution in [0.3, 0.4) is 0 Å². The maximum absolute atomic E-state index is 12.6. The summed E-state index contributed by atoms with van der Waals surface area (Å²) >= 11 is 0. The van der Waals surface area contributed by atoms with Crippen LogP contribution < -0.4 is 5.32 Å². The second kappa shape index (κ2) is 35.9. The Morgan fingerprint density at radius 1 is 0.560 bits per heavy atom. The van der Waals surface area contributed by atoms with Gasteiger partial charge in [0, 0.05) is 0 Å². The summed E-state index contributed by atoms with van der Waals surface area (Å²) < 4.78 is 32.5. The van der Waals surface area contributed by atoms with E-state index in [1.54, 1.807) is 6.08 Å². The Hall–Kier alpha value is -1.48. The topological polar surface area (TPSA) is 124 Å². The molecular weight excluding hydrogens is 647 g/mol. The van der Waals surface area contributed by atoms with Crippen LogP contribution in [0.25, 0.3) is 0 Å². The van der Waals surface area contributed by atoms with Crippen LogP contribution in [0, 0.1) is 0 Å². The van der Waals surface area contributed by atoms with E-state index in [0.717, 1.165) is 64.2 Å². The van der Waals surface area contributed by atoms with Gasteiger partial charge in [0.25, 0.3) is 10.1 Å². The molecule has 0 aliphatic heterocycles. The lowest BCUT2D eigenvalue weighted by atomic mass is 10.0. The van der Waals surface area contributed by atoms with E-state index >= 15 is 0 Å². The van der Waals surface area contributed by atoms with E-state index in [0.29, 0.717) is 6.42 Å². The maximum Gasteiger partial charge on any atom is 0.267 e. The second-order valence-corrected chi connectivity index (χ2v) is 15.9. The van der Waals surface area contributed by atoms with Crippen LogP contribution in [0.5, 0.6) is 0 Å². The van der Waals surface area contributed by atoms with E-state index in [1.807, 2.05) is 0 Å². The molecule has 0 fully saturated rings. The maximum atomic E-state index is 12.6. The minimum Gasteiger partial charge on any atom is -0.387 e. The summed E-state index contributed by atoms with van der Waals surface area (Å²) in [6.45, 7) is 4.48. The summed E-state index contributed by atoms with van der Waals surface area (Å²) in [4.78, 5) is 12.6. The van der Waals surface area contributed by atoms with Crippen LogP contribution in [-0.2, 0) is 14.9 Å². The zero-order valence-electron chi connectivity index (χ0n) is 32.4. The van der Waals surface area contributed by atoms with Crippen LogP contribution in [0.15, 0.2) is 36.5 Å². The largest absolute Gasteiger partial charge is 0.387 e. The fraction of sp³-hybridized carbons (Fsp3) is 0.833. The molecule has 3 unspecified atom stereocenters. The third-order valence-corrected chi connectivity index (χ3v) is 10.2. The number of rotatable bonds is 37. The molecule has 7 nitrogen and oxygen atoms in total. The molecule has 4 N–H and O–H groups in total. The highest BCUT2D eigenvalue weighted by molar-refractivity contribution is 7.85. The number of carbonyl (C=O) groups is 1. The molecule has 3 atom stereocenters. The molecule has 0 aliphatic carbocycles. The first-order valence-corrected chi connectivity index (χ1v) is 22.4. The molecule has 294 valence electrons. The lowest BCUT2D eigenvalue weighted by molar-refractivity contribution is -0.130. The van der Waals surface area contributed by atoms with Crippen molar-refractivity contribution in [2.45, 2.75) is 218 Å². The third kappa shape index (κ3) is 34.9. The van der Waals surface area contributed by atoms with Gasteiger partial charge in [0.05, 0.1) is 17.9 Å². The van der Waals surface area contributed by atoms with Gasteiger partial charge in [0.1, 0.15) is 6.10 Å². The highest BCUT2D eigenvalue weighted by atomic mass is 32.2. The number of carbonyl (C=O) groups excluding carboxylic acids is 1. The number of aliphatic hydroxyl groups is 2. The summed E-state index contributed by atoms with van der Waals surface area (Å²) in [5.41, 5.74) is 0. The Morgan fingerprint density at radius 3 is 1.40 bits per heavy atom. The Labute approximate surface area is 309 Å². The van der Waals surface area contributed by atoms with Gasteiger partial charge in [-0.15, -0.1) is 0 Å². The van der Waals surface area contributed by atoms with Crippen molar-refractivity contribution in [2.24, 2.45) is 0 Å². The standard InChI is InChI=1S/C42H79NO6S/c1-3-5-7-9-11-13-15-17-19-21-23-24-26-28-30-32-34-36-40(44)39(38-50(47,48)49)43-42(46)41(45)37-35-33-31-29-27-25-22-20-18-16-14-12-10-8-6-4-2/h12,14,18,20,34,36,39-41,44-45H,3-11,13,15-17,19,21-33,35,37-38H2,1-2H3,(H,43,46)(H,47,48,49)/b14-12-,20-18-,36-34+. The van der Waals surface area contributed by atoms with Crippen LogP contribution in [0.4, 0.5) is 0 Å². The SMILES string of the molecule is CCCCC/C=C\C/C=C\CCCCCCCCC(O)C(=O)NC(CS(=O)(=O)O)C(O)/C=C/CCCCCCCCCCCCCCCCC. The number of nitrogens with one attached hydrogen (secondary N) is 1. The fourth-order valence-electron chi connectivity index (χ4n) is 6.19. The van der Waals surface area contributed by atoms with Gasteiger partial charge in [-0.05, 0) is 51.4 Å². The zero-order chi connectivity index (χ0) is 37.0. The third-order valence-electron chi connectivity index (χ3n) is 9.42. The number of allylic oxidation sites excluding steroid dienone is 5. The average Bonchev–Trinajstić information content (AvgIpc) is 3.08. The summed E-state index contributed by atoms with van der Waals surface area (Å²) in [6, 6.07) is -1.24. The molecular formula is C42H79NO6S. The average molecular weight is 726 g/mol. The number of unbranched alkanes of at least 4 members (excludes halogenated alkanes) is 24.